The van der Waals surface area contributed by atoms with Crippen LogP contribution in [0.15, 0.2) is 23.3 Å². The zero-order valence-corrected chi connectivity index (χ0v) is 11.0. The molecule has 0 bridgehead atoms. The molecule has 0 amide bonds. The second-order valence-corrected chi connectivity index (χ2v) is 5.37. The number of hydrogen-bond donors (Lipinski definition) is 1. The zero-order chi connectivity index (χ0) is 13.7. The lowest BCUT2D eigenvalue weighted by molar-refractivity contribution is -0.117. The van der Waals surface area contributed by atoms with E-state index in [0.29, 0.717) is 18.9 Å². The number of Topliss-reactive ketones (excluding diaryl/α,β-unsaturated/α-hetero) is 1. The van der Waals surface area contributed by atoms with Gasteiger partial charge in [-0.15, -0.1) is 0 Å². The Hall–Kier alpha value is -2.08. The first-order valence-electron chi connectivity index (χ1n) is 6.56. The maximum Gasteiger partial charge on any atom is 0.231 e. The Morgan fingerprint density at radius 3 is 3.00 bits per heavy atom. The van der Waals surface area contributed by atoms with Crippen LogP contribution in [-0.2, 0) is 9.53 Å². The van der Waals surface area contributed by atoms with Crippen LogP contribution in [0.3, 0.4) is 0 Å². The molecule has 3 aliphatic heterocycles. The minimum Gasteiger partial charge on any atom is -0.454 e. The lowest BCUT2D eigenvalue weighted by atomic mass is 9.88. The van der Waals surface area contributed by atoms with Crippen LogP contribution in [0.4, 0.5) is 0 Å². The normalized spacial score (nSPS) is 29.9. The average Bonchev–Trinajstić information content (AvgIpc) is 2.93. The highest BCUT2D eigenvalue weighted by Crippen LogP contribution is 2.37. The van der Waals surface area contributed by atoms with Gasteiger partial charge in [-0.2, -0.15) is 5.10 Å². The fourth-order valence-corrected chi connectivity index (χ4v) is 2.52. The van der Waals surface area contributed by atoms with Gasteiger partial charge >= 0.3 is 0 Å². The largest absolute Gasteiger partial charge is 0.454 e. The third kappa shape index (κ3) is 1.68. The van der Waals surface area contributed by atoms with Crippen molar-refractivity contribution in [2.45, 2.75) is 18.4 Å². The van der Waals surface area contributed by atoms with Gasteiger partial charge in [-0.1, -0.05) is 6.07 Å². The number of hydrazone groups is 1. The number of ether oxygens (including phenoxy) is 3. The van der Waals surface area contributed by atoms with E-state index in [1.165, 1.54) is 0 Å². The summed E-state index contributed by atoms with van der Waals surface area (Å²) in [5.41, 5.74) is 3.76. The highest BCUT2D eigenvalue weighted by Gasteiger charge is 2.51. The first-order chi connectivity index (χ1) is 9.67. The summed E-state index contributed by atoms with van der Waals surface area (Å²) < 4.78 is 15.9. The summed E-state index contributed by atoms with van der Waals surface area (Å²) >= 11 is 0. The van der Waals surface area contributed by atoms with Crippen LogP contribution in [0, 0.1) is 0 Å². The summed E-state index contributed by atoms with van der Waals surface area (Å²) in [6.07, 6.45) is 0. The Morgan fingerprint density at radius 1 is 1.40 bits per heavy atom. The zero-order valence-electron chi connectivity index (χ0n) is 11.0. The predicted molar refractivity (Wildman–Crippen MR) is 70.1 cm³/mol. The molecule has 4 rings (SSSR count). The quantitative estimate of drug-likeness (QED) is 0.826. The van der Waals surface area contributed by atoms with Crippen molar-refractivity contribution in [2.24, 2.45) is 5.10 Å². The van der Waals surface area contributed by atoms with E-state index >= 15 is 0 Å². The van der Waals surface area contributed by atoms with Crippen LogP contribution in [0.5, 0.6) is 11.5 Å². The number of carbonyl (C=O) groups is 1. The van der Waals surface area contributed by atoms with Gasteiger partial charge in [0.2, 0.25) is 12.6 Å². The average molecular weight is 274 g/mol. The van der Waals surface area contributed by atoms with Crippen LogP contribution < -0.4 is 14.9 Å². The van der Waals surface area contributed by atoms with Crippen LogP contribution in [0.2, 0.25) is 0 Å². The predicted octanol–water partition coefficient (Wildman–Crippen LogP) is 0.816. The van der Waals surface area contributed by atoms with Gasteiger partial charge in [0.25, 0.3) is 0 Å². The Morgan fingerprint density at radius 2 is 2.20 bits per heavy atom. The third-order valence-electron chi connectivity index (χ3n) is 3.91. The minimum absolute atomic E-state index is 0.0369. The molecule has 0 aromatic heterocycles. The molecule has 6 heteroatoms. The van der Waals surface area contributed by atoms with Crippen molar-refractivity contribution in [3.63, 3.8) is 0 Å². The smallest absolute Gasteiger partial charge is 0.231 e. The van der Waals surface area contributed by atoms with Gasteiger partial charge in [0.1, 0.15) is 5.71 Å². The number of nitrogens with zero attached hydrogens (tertiary/aromatic N) is 1. The van der Waals surface area contributed by atoms with Gasteiger partial charge in [-0.3, -0.25) is 4.79 Å². The highest BCUT2D eigenvalue weighted by molar-refractivity contribution is 6.45. The van der Waals surface area contributed by atoms with Gasteiger partial charge < -0.3 is 19.6 Å². The number of ketones is 1. The fraction of sp³-hybridized carbons (Fsp3) is 0.429. The van der Waals surface area contributed by atoms with E-state index < -0.39 is 5.60 Å². The van der Waals surface area contributed by atoms with Gasteiger partial charge in [-0.05, 0) is 24.6 Å². The number of nitrogens with one attached hydrogen (secondary N) is 1. The SMILES string of the molecule is C[C@@]1(C(=O)C2=NNC[C@H]2c2ccc3c(c2)OCO3)CO1. The molecule has 0 aliphatic carbocycles. The van der Waals surface area contributed by atoms with E-state index in [4.69, 9.17) is 14.2 Å². The van der Waals surface area contributed by atoms with Crippen molar-refractivity contribution in [1.82, 2.24) is 5.43 Å². The molecule has 104 valence electrons. The topological polar surface area (TPSA) is 72.5 Å². The van der Waals surface area contributed by atoms with Gasteiger partial charge in [-0.25, -0.2) is 0 Å². The molecule has 3 heterocycles. The maximum absolute atomic E-state index is 12.4. The Balaban J connectivity index is 1.65. The lowest BCUT2D eigenvalue weighted by Gasteiger charge is -2.13. The summed E-state index contributed by atoms with van der Waals surface area (Å²) in [6, 6.07) is 5.73. The number of hydrogen-bond acceptors (Lipinski definition) is 6. The molecule has 1 N–H and O–H groups in total. The van der Waals surface area contributed by atoms with Crippen molar-refractivity contribution in [3.05, 3.63) is 23.8 Å². The van der Waals surface area contributed by atoms with E-state index in [1.807, 2.05) is 18.2 Å². The first-order valence-corrected chi connectivity index (χ1v) is 6.56. The lowest BCUT2D eigenvalue weighted by Crippen LogP contribution is -2.32. The Kier molecular flexibility index (Phi) is 2.32. The van der Waals surface area contributed by atoms with Gasteiger partial charge in [0.05, 0.1) is 12.5 Å². The van der Waals surface area contributed by atoms with E-state index in [0.717, 1.165) is 17.1 Å². The number of rotatable bonds is 3. The molecule has 1 aromatic rings. The Bertz CT molecular complexity index is 622. The molecule has 3 aliphatic rings. The van der Waals surface area contributed by atoms with Crippen LogP contribution in [-0.4, -0.2) is 37.0 Å². The molecule has 0 saturated carbocycles. The molecule has 1 fully saturated rings. The molecule has 0 unspecified atom stereocenters. The van der Waals surface area contributed by atoms with Crippen molar-refractivity contribution in [1.29, 1.82) is 0 Å². The van der Waals surface area contributed by atoms with Gasteiger partial charge in [0.15, 0.2) is 17.1 Å². The molecule has 6 nitrogen and oxygen atoms in total. The molecular weight excluding hydrogens is 260 g/mol. The van der Waals surface area contributed by atoms with E-state index in [-0.39, 0.29) is 18.5 Å². The third-order valence-corrected chi connectivity index (χ3v) is 3.91. The molecule has 0 spiro atoms. The second-order valence-electron chi connectivity index (χ2n) is 5.37. The van der Waals surface area contributed by atoms with Gasteiger partial charge in [0, 0.05) is 6.54 Å². The maximum atomic E-state index is 12.4. The van der Waals surface area contributed by atoms with Crippen molar-refractivity contribution in [3.8, 4) is 11.5 Å². The minimum atomic E-state index is -0.681. The summed E-state index contributed by atoms with van der Waals surface area (Å²) in [6.45, 7) is 3.12. The van der Waals surface area contributed by atoms with Crippen LogP contribution in [0.25, 0.3) is 0 Å². The molecule has 2 atom stereocenters. The monoisotopic (exact) mass is 274 g/mol. The number of carbonyl (C=O) groups excluding carboxylic acids is 1. The molecule has 20 heavy (non-hydrogen) atoms. The molecule has 1 saturated heterocycles. The van der Waals surface area contributed by atoms with Crippen LogP contribution in [0.1, 0.15) is 18.4 Å². The summed E-state index contributed by atoms with van der Waals surface area (Å²) in [5.74, 6) is 1.35. The number of benzene rings is 1. The Labute approximate surface area is 115 Å². The second kappa shape index (κ2) is 3.96. The van der Waals surface area contributed by atoms with Crippen molar-refractivity contribution >= 4 is 11.5 Å². The van der Waals surface area contributed by atoms with Crippen LogP contribution >= 0.6 is 0 Å². The molecule has 0 radical (unpaired) electrons. The number of fused-ring (bicyclic) bond motifs is 1. The van der Waals surface area contributed by atoms with E-state index in [1.54, 1.807) is 6.92 Å². The fourth-order valence-electron chi connectivity index (χ4n) is 2.52. The summed E-state index contributed by atoms with van der Waals surface area (Å²) in [7, 11) is 0. The molecule has 1 aromatic carbocycles. The standard InChI is InChI=1S/C14H14N2O4/c1-14(6-20-14)13(17)12-9(5-15-16-12)8-2-3-10-11(4-8)19-7-18-10/h2-4,9,15H,5-7H2,1H3/t9-,14-/m0/s1. The first kappa shape index (κ1) is 11.7. The summed E-state index contributed by atoms with van der Waals surface area (Å²) in [4.78, 5) is 12.4. The van der Waals surface area contributed by atoms with Crippen molar-refractivity contribution in [2.75, 3.05) is 19.9 Å². The van der Waals surface area contributed by atoms with E-state index in [9.17, 15) is 4.79 Å². The highest BCUT2D eigenvalue weighted by atomic mass is 16.7. The van der Waals surface area contributed by atoms with Crippen molar-refractivity contribution < 1.29 is 19.0 Å². The molecular formula is C14H14N2O4. The number of epoxide rings is 1. The summed E-state index contributed by atoms with van der Waals surface area (Å²) in [5, 5.41) is 4.16. The van der Waals surface area contributed by atoms with E-state index in [2.05, 4.69) is 10.5 Å².